The third kappa shape index (κ3) is 4.54. The Hall–Kier alpha value is -2.99. The van der Waals surface area contributed by atoms with Crippen LogP contribution in [-0.2, 0) is 12.8 Å². The van der Waals surface area contributed by atoms with Crippen molar-refractivity contribution in [3.63, 3.8) is 0 Å². The molecule has 6 heteroatoms. The minimum absolute atomic E-state index is 0.0794. The molecule has 2 aromatic carbocycles. The molecule has 0 unspecified atom stereocenters. The van der Waals surface area contributed by atoms with Crippen LogP contribution in [0.25, 0.3) is 10.9 Å². The number of hydrogen-bond donors (Lipinski definition) is 2. The summed E-state index contributed by atoms with van der Waals surface area (Å²) in [6.07, 6.45) is 4.41. The largest absolute Gasteiger partial charge is 0.361 e. The van der Waals surface area contributed by atoms with Gasteiger partial charge in [0.2, 0.25) is 0 Å². The molecule has 2 aromatic heterocycles. The number of nitrogens with zero attached hydrogens (tertiary/aromatic N) is 1. The summed E-state index contributed by atoms with van der Waals surface area (Å²) in [6, 6.07) is 14.6. The Morgan fingerprint density at radius 3 is 2.79 bits per heavy atom. The predicted octanol–water partition coefficient (Wildman–Crippen LogP) is 5.03. The topological polar surface area (TPSA) is 57.8 Å². The van der Waals surface area contributed by atoms with Gasteiger partial charge in [-0.3, -0.25) is 4.79 Å². The SMILES string of the molecule is Cc1nc(Cc2ccc(F)cc2)sc1C(=O)NCCCc1c[nH]c2ccccc12. The fourth-order valence-electron chi connectivity index (χ4n) is 3.41. The summed E-state index contributed by atoms with van der Waals surface area (Å²) in [4.78, 5) is 21.0. The third-order valence-corrected chi connectivity index (χ3v) is 6.06. The number of aryl methyl sites for hydroxylation is 2. The molecule has 29 heavy (non-hydrogen) atoms. The maximum atomic E-state index is 13.0. The molecule has 0 atom stereocenters. The van der Waals surface area contributed by atoms with Crippen LogP contribution in [0.3, 0.4) is 0 Å². The van der Waals surface area contributed by atoms with Crippen LogP contribution in [0.2, 0.25) is 0 Å². The van der Waals surface area contributed by atoms with Crippen LogP contribution in [-0.4, -0.2) is 22.4 Å². The summed E-state index contributed by atoms with van der Waals surface area (Å²) in [6.45, 7) is 2.47. The molecule has 4 nitrogen and oxygen atoms in total. The highest BCUT2D eigenvalue weighted by atomic mass is 32.1. The summed E-state index contributed by atoms with van der Waals surface area (Å²) in [5.41, 5.74) is 4.12. The zero-order chi connectivity index (χ0) is 20.2. The number of rotatable bonds is 7. The van der Waals surface area contributed by atoms with E-state index in [1.807, 2.05) is 25.3 Å². The first-order chi connectivity index (χ1) is 14.1. The van der Waals surface area contributed by atoms with Crippen molar-refractivity contribution in [2.45, 2.75) is 26.2 Å². The van der Waals surface area contributed by atoms with Gasteiger partial charge in [0.25, 0.3) is 5.91 Å². The quantitative estimate of drug-likeness (QED) is 0.422. The second kappa shape index (κ2) is 8.57. The zero-order valence-electron chi connectivity index (χ0n) is 16.2. The Morgan fingerprint density at radius 1 is 1.17 bits per heavy atom. The maximum absolute atomic E-state index is 13.0. The van der Waals surface area contributed by atoms with E-state index in [1.165, 1.54) is 34.4 Å². The van der Waals surface area contributed by atoms with Crippen LogP contribution in [0.1, 0.15) is 37.9 Å². The molecule has 4 rings (SSSR count). The van der Waals surface area contributed by atoms with Gasteiger partial charge in [0.05, 0.1) is 10.7 Å². The first-order valence-electron chi connectivity index (χ1n) is 9.64. The molecular weight excluding hydrogens is 385 g/mol. The highest BCUT2D eigenvalue weighted by molar-refractivity contribution is 7.13. The molecule has 2 heterocycles. The minimum atomic E-state index is -0.253. The first-order valence-corrected chi connectivity index (χ1v) is 10.5. The third-order valence-electron chi connectivity index (χ3n) is 4.90. The Labute approximate surface area is 172 Å². The first kappa shape index (κ1) is 19.3. The van der Waals surface area contributed by atoms with E-state index in [0.29, 0.717) is 17.8 Å². The minimum Gasteiger partial charge on any atom is -0.361 e. The number of para-hydroxylation sites is 1. The van der Waals surface area contributed by atoms with Gasteiger partial charge in [0.1, 0.15) is 10.7 Å². The Balaban J connectivity index is 1.31. The van der Waals surface area contributed by atoms with Crippen LogP contribution >= 0.6 is 11.3 Å². The molecule has 0 bridgehead atoms. The zero-order valence-corrected chi connectivity index (χ0v) is 17.0. The van der Waals surface area contributed by atoms with Gasteiger partial charge < -0.3 is 10.3 Å². The van der Waals surface area contributed by atoms with Gasteiger partial charge in [0, 0.05) is 30.1 Å². The Bertz CT molecular complexity index is 1130. The van der Waals surface area contributed by atoms with Crippen LogP contribution in [0.4, 0.5) is 4.39 Å². The number of carbonyl (C=O) groups is 1. The summed E-state index contributed by atoms with van der Waals surface area (Å²) < 4.78 is 13.0. The number of carbonyl (C=O) groups excluding carboxylic acids is 1. The van der Waals surface area contributed by atoms with Crippen molar-refractivity contribution in [2.75, 3.05) is 6.54 Å². The lowest BCUT2D eigenvalue weighted by molar-refractivity contribution is 0.0956. The Kier molecular flexibility index (Phi) is 5.71. The number of nitrogens with one attached hydrogen (secondary N) is 2. The van der Waals surface area contributed by atoms with Crippen LogP contribution in [0.15, 0.2) is 54.7 Å². The second-order valence-electron chi connectivity index (χ2n) is 7.04. The van der Waals surface area contributed by atoms with Crippen LogP contribution in [0.5, 0.6) is 0 Å². The number of hydrogen-bond acceptors (Lipinski definition) is 3. The molecule has 4 aromatic rings. The lowest BCUT2D eigenvalue weighted by atomic mass is 10.1. The smallest absolute Gasteiger partial charge is 0.263 e. The van der Waals surface area contributed by atoms with Crippen molar-refractivity contribution in [1.82, 2.24) is 15.3 Å². The number of benzene rings is 2. The summed E-state index contributed by atoms with van der Waals surface area (Å²) >= 11 is 1.40. The van der Waals surface area contributed by atoms with E-state index in [-0.39, 0.29) is 11.7 Å². The fraction of sp³-hybridized carbons (Fsp3) is 0.217. The number of halogens is 1. The Morgan fingerprint density at radius 2 is 1.97 bits per heavy atom. The monoisotopic (exact) mass is 407 g/mol. The van der Waals surface area contributed by atoms with E-state index in [1.54, 1.807) is 12.1 Å². The lowest BCUT2D eigenvalue weighted by Gasteiger charge is -2.04. The molecule has 0 aliphatic rings. The van der Waals surface area contributed by atoms with E-state index in [0.717, 1.165) is 34.6 Å². The number of fused-ring (bicyclic) bond motifs is 1. The highest BCUT2D eigenvalue weighted by Crippen LogP contribution is 2.21. The molecule has 2 N–H and O–H groups in total. The van der Waals surface area contributed by atoms with Crippen LogP contribution in [0, 0.1) is 12.7 Å². The normalized spacial score (nSPS) is 11.1. The standard InChI is InChI=1S/C23H22FN3OS/c1-15-22(29-21(27-15)13-16-8-10-18(24)11-9-16)23(28)25-12-4-5-17-14-26-20-7-3-2-6-19(17)20/h2-3,6-11,14,26H,4-5,12-13H2,1H3,(H,25,28). The van der Waals surface area contributed by atoms with Gasteiger partial charge >= 0.3 is 0 Å². The van der Waals surface area contributed by atoms with E-state index >= 15 is 0 Å². The van der Waals surface area contributed by atoms with Gasteiger partial charge in [-0.15, -0.1) is 11.3 Å². The van der Waals surface area contributed by atoms with Crippen molar-refractivity contribution < 1.29 is 9.18 Å². The summed E-state index contributed by atoms with van der Waals surface area (Å²) in [5.74, 6) is -0.332. The average Bonchev–Trinajstić information content (AvgIpc) is 3.30. The van der Waals surface area contributed by atoms with Crippen molar-refractivity contribution in [2.24, 2.45) is 0 Å². The van der Waals surface area contributed by atoms with Crippen molar-refractivity contribution >= 4 is 28.1 Å². The van der Waals surface area contributed by atoms with Crippen molar-refractivity contribution in [1.29, 1.82) is 0 Å². The van der Waals surface area contributed by atoms with E-state index in [2.05, 4.69) is 27.4 Å². The lowest BCUT2D eigenvalue weighted by Crippen LogP contribution is -2.24. The molecular formula is C23H22FN3OS. The average molecular weight is 408 g/mol. The molecule has 0 fully saturated rings. The van der Waals surface area contributed by atoms with Crippen molar-refractivity contribution in [3.8, 4) is 0 Å². The number of H-pyrrole nitrogens is 1. The number of aromatic amines is 1. The van der Waals surface area contributed by atoms with Crippen LogP contribution < -0.4 is 5.32 Å². The molecule has 148 valence electrons. The number of amides is 1. The number of aromatic nitrogens is 2. The molecule has 0 saturated heterocycles. The van der Waals surface area contributed by atoms with E-state index in [4.69, 9.17) is 0 Å². The van der Waals surface area contributed by atoms with Gasteiger partial charge in [-0.2, -0.15) is 0 Å². The predicted molar refractivity (Wildman–Crippen MR) is 115 cm³/mol. The highest BCUT2D eigenvalue weighted by Gasteiger charge is 2.15. The van der Waals surface area contributed by atoms with Gasteiger partial charge in [-0.1, -0.05) is 30.3 Å². The van der Waals surface area contributed by atoms with Gasteiger partial charge in [-0.05, 0) is 49.1 Å². The molecule has 0 saturated carbocycles. The maximum Gasteiger partial charge on any atom is 0.263 e. The molecule has 0 spiro atoms. The molecule has 0 aliphatic carbocycles. The van der Waals surface area contributed by atoms with E-state index < -0.39 is 0 Å². The summed E-state index contributed by atoms with van der Waals surface area (Å²) in [7, 11) is 0. The number of thiazole rings is 1. The second-order valence-corrected chi connectivity index (χ2v) is 8.13. The fourth-order valence-corrected chi connectivity index (χ4v) is 4.43. The summed E-state index contributed by atoms with van der Waals surface area (Å²) in [5, 5.41) is 5.10. The molecule has 1 amide bonds. The van der Waals surface area contributed by atoms with Crippen molar-refractivity contribution in [3.05, 3.63) is 87.3 Å². The van der Waals surface area contributed by atoms with Gasteiger partial charge in [0.15, 0.2) is 0 Å². The van der Waals surface area contributed by atoms with Gasteiger partial charge in [-0.25, -0.2) is 9.37 Å². The molecule has 0 radical (unpaired) electrons. The molecule has 0 aliphatic heterocycles. The van der Waals surface area contributed by atoms with E-state index in [9.17, 15) is 9.18 Å².